The largest absolute Gasteiger partial charge is 0.394 e. The molecule has 1 saturated carbocycles. The summed E-state index contributed by atoms with van der Waals surface area (Å²) in [4.78, 5) is 13.9. The van der Waals surface area contributed by atoms with Gasteiger partial charge in [0.15, 0.2) is 0 Å². The lowest BCUT2D eigenvalue weighted by Crippen LogP contribution is -2.54. The van der Waals surface area contributed by atoms with Gasteiger partial charge in [-0.1, -0.05) is 0 Å². The molecule has 2 fully saturated rings. The second-order valence-corrected chi connectivity index (χ2v) is 6.26. The highest BCUT2D eigenvalue weighted by molar-refractivity contribution is 5.82. The van der Waals surface area contributed by atoms with E-state index in [1.54, 1.807) is 0 Å². The van der Waals surface area contributed by atoms with E-state index in [4.69, 9.17) is 4.74 Å². The molecule has 0 radical (unpaired) electrons. The minimum atomic E-state index is -0.203. The first kappa shape index (κ1) is 14.0. The first-order valence-corrected chi connectivity index (χ1v) is 7.04. The quantitative estimate of drug-likeness (QED) is 0.820. The van der Waals surface area contributed by atoms with E-state index in [1.807, 2.05) is 0 Å². The van der Waals surface area contributed by atoms with Crippen molar-refractivity contribution in [3.8, 4) is 0 Å². The summed E-state index contributed by atoms with van der Waals surface area (Å²) in [6.07, 6.45) is 3.78. The predicted molar refractivity (Wildman–Crippen MR) is 69.4 cm³/mol. The summed E-state index contributed by atoms with van der Waals surface area (Å²) in [6, 6.07) is 0. The van der Waals surface area contributed by atoms with Crippen LogP contribution in [0.2, 0.25) is 0 Å². The van der Waals surface area contributed by atoms with Gasteiger partial charge >= 0.3 is 0 Å². The highest BCUT2D eigenvalue weighted by Gasteiger charge is 2.33. The van der Waals surface area contributed by atoms with Crippen molar-refractivity contribution in [2.75, 3.05) is 26.2 Å². The van der Waals surface area contributed by atoms with E-state index in [9.17, 15) is 9.90 Å². The molecule has 4 heteroatoms. The summed E-state index contributed by atoms with van der Waals surface area (Å²) >= 11 is 0. The Morgan fingerprint density at radius 1 is 1.50 bits per heavy atom. The smallest absolute Gasteiger partial charge is 0.136 e. The molecule has 1 heterocycles. The highest BCUT2D eigenvalue weighted by Crippen LogP contribution is 2.26. The molecule has 0 aromatic carbocycles. The molecular weight excluding hydrogens is 230 g/mol. The Bertz CT molecular complexity index is 303. The molecule has 0 amide bonds. The maximum absolute atomic E-state index is 11.6. The van der Waals surface area contributed by atoms with Crippen LogP contribution in [0.4, 0.5) is 0 Å². The SMILES string of the molecule is CC1(C)CN(CCC2CCCC2=O)CC(CO)O1. The third-order valence-electron chi connectivity index (χ3n) is 3.98. The standard InChI is InChI=1S/C14H25NO3/c1-14(2)10-15(8-12(9-16)18-14)7-6-11-4-3-5-13(11)17/h11-12,16H,3-10H2,1-2H3. The number of rotatable bonds is 4. The number of Topliss-reactive ketones (excluding diaryl/α,β-unsaturated/α-hetero) is 1. The van der Waals surface area contributed by atoms with Crippen molar-refractivity contribution >= 4 is 5.78 Å². The Hall–Kier alpha value is -0.450. The average Bonchev–Trinajstić information content (AvgIpc) is 2.70. The molecule has 104 valence electrons. The molecule has 2 rings (SSSR count). The normalized spacial score (nSPS) is 32.9. The predicted octanol–water partition coefficient (Wildman–Crippen LogP) is 1.22. The van der Waals surface area contributed by atoms with Crippen LogP contribution in [0.25, 0.3) is 0 Å². The molecule has 0 spiro atoms. The monoisotopic (exact) mass is 255 g/mol. The lowest BCUT2D eigenvalue weighted by molar-refractivity contribution is -0.149. The molecule has 4 nitrogen and oxygen atoms in total. The molecule has 1 aliphatic carbocycles. The molecule has 0 aromatic heterocycles. The van der Waals surface area contributed by atoms with Gasteiger partial charge < -0.3 is 9.84 Å². The maximum atomic E-state index is 11.6. The van der Waals surface area contributed by atoms with E-state index in [0.29, 0.717) is 5.78 Å². The van der Waals surface area contributed by atoms with Crippen LogP contribution >= 0.6 is 0 Å². The van der Waals surface area contributed by atoms with Gasteiger partial charge in [0.05, 0.1) is 18.3 Å². The highest BCUT2D eigenvalue weighted by atomic mass is 16.5. The van der Waals surface area contributed by atoms with Gasteiger partial charge in [0.2, 0.25) is 0 Å². The van der Waals surface area contributed by atoms with Crippen LogP contribution in [0, 0.1) is 5.92 Å². The van der Waals surface area contributed by atoms with E-state index in [0.717, 1.165) is 45.3 Å². The lowest BCUT2D eigenvalue weighted by atomic mass is 10.0. The third-order valence-corrected chi connectivity index (χ3v) is 3.98. The van der Waals surface area contributed by atoms with E-state index in [2.05, 4.69) is 18.7 Å². The molecule has 2 unspecified atom stereocenters. The van der Waals surface area contributed by atoms with Crippen LogP contribution in [0.15, 0.2) is 0 Å². The number of ketones is 1. The van der Waals surface area contributed by atoms with E-state index < -0.39 is 0 Å². The van der Waals surface area contributed by atoms with Crippen LogP contribution in [-0.4, -0.2) is 53.7 Å². The Morgan fingerprint density at radius 2 is 2.28 bits per heavy atom. The second-order valence-electron chi connectivity index (χ2n) is 6.26. The van der Waals surface area contributed by atoms with Gasteiger partial charge in [-0.2, -0.15) is 0 Å². The Morgan fingerprint density at radius 3 is 2.89 bits per heavy atom. The third kappa shape index (κ3) is 3.53. The summed E-state index contributed by atoms with van der Waals surface area (Å²) in [5.74, 6) is 0.727. The number of hydrogen-bond acceptors (Lipinski definition) is 4. The van der Waals surface area contributed by atoms with Crippen LogP contribution < -0.4 is 0 Å². The Balaban J connectivity index is 1.82. The first-order valence-electron chi connectivity index (χ1n) is 7.04. The fraction of sp³-hybridized carbons (Fsp3) is 0.929. The van der Waals surface area contributed by atoms with Gasteiger partial charge in [0.25, 0.3) is 0 Å². The van der Waals surface area contributed by atoms with Gasteiger partial charge in [-0.05, 0) is 39.7 Å². The van der Waals surface area contributed by atoms with Crippen LogP contribution in [0.3, 0.4) is 0 Å². The summed E-state index contributed by atoms with van der Waals surface area (Å²) in [6.45, 7) is 6.79. The topological polar surface area (TPSA) is 49.8 Å². The zero-order chi connectivity index (χ0) is 13.2. The molecule has 1 N–H and O–H groups in total. The number of nitrogens with zero attached hydrogens (tertiary/aromatic N) is 1. The minimum absolute atomic E-state index is 0.0717. The molecule has 2 atom stereocenters. The van der Waals surface area contributed by atoms with Crippen molar-refractivity contribution in [3.63, 3.8) is 0 Å². The van der Waals surface area contributed by atoms with Crippen molar-refractivity contribution in [2.45, 2.75) is 51.2 Å². The Kier molecular flexibility index (Phi) is 4.41. The zero-order valence-corrected chi connectivity index (χ0v) is 11.5. The zero-order valence-electron chi connectivity index (χ0n) is 11.5. The van der Waals surface area contributed by atoms with Gasteiger partial charge in [-0.15, -0.1) is 0 Å². The number of ether oxygens (including phenoxy) is 1. The van der Waals surface area contributed by atoms with Crippen molar-refractivity contribution in [1.82, 2.24) is 4.90 Å². The summed E-state index contributed by atoms with van der Waals surface area (Å²) in [7, 11) is 0. The van der Waals surface area contributed by atoms with Crippen LogP contribution in [0.5, 0.6) is 0 Å². The number of hydrogen-bond donors (Lipinski definition) is 1. The van der Waals surface area contributed by atoms with Crippen LogP contribution in [0.1, 0.15) is 39.5 Å². The molecule has 0 aromatic rings. The van der Waals surface area contributed by atoms with Crippen molar-refractivity contribution in [2.24, 2.45) is 5.92 Å². The lowest BCUT2D eigenvalue weighted by Gasteiger charge is -2.42. The molecule has 1 aliphatic heterocycles. The van der Waals surface area contributed by atoms with E-state index >= 15 is 0 Å². The number of carbonyl (C=O) groups is 1. The summed E-state index contributed by atoms with van der Waals surface area (Å²) < 4.78 is 5.79. The summed E-state index contributed by atoms with van der Waals surface area (Å²) in [5, 5.41) is 9.26. The van der Waals surface area contributed by atoms with Gasteiger partial charge in [0, 0.05) is 25.4 Å². The first-order chi connectivity index (χ1) is 8.50. The molecule has 1 saturated heterocycles. The number of aliphatic hydroxyl groups is 1. The second kappa shape index (κ2) is 5.68. The maximum Gasteiger partial charge on any atom is 0.136 e. The molecule has 18 heavy (non-hydrogen) atoms. The molecular formula is C14H25NO3. The molecule has 0 bridgehead atoms. The fourth-order valence-electron chi connectivity index (χ4n) is 3.21. The minimum Gasteiger partial charge on any atom is -0.394 e. The number of morpholine rings is 1. The fourth-order valence-corrected chi connectivity index (χ4v) is 3.21. The van der Waals surface area contributed by atoms with Gasteiger partial charge in [0.1, 0.15) is 5.78 Å². The van der Waals surface area contributed by atoms with Gasteiger partial charge in [-0.3, -0.25) is 9.69 Å². The number of aliphatic hydroxyl groups excluding tert-OH is 1. The molecule has 2 aliphatic rings. The van der Waals surface area contributed by atoms with Crippen molar-refractivity contribution in [3.05, 3.63) is 0 Å². The Labute approximate surface area is 109 Å². The van der Waals surface area contributed by atoms with Crippen molar-refractivity contribution in [1.29, 1.82) is 0 Å². The van der Waals surface area contributed by atoms with Crippen molar-refractivity contribution < 1.29 is 14.6 Å². The van der Waals surface area contributed by atoms with Crippen LogP contribution in [-0.2, 0) is 9.53 Å². The summed E-state index contributed by atoms with van der Waals surface area (Å²) in [5.41, 5.74) is -0.203. The number of carbonyl (C=O) groups excluding carboxylic acids is 1. The van der Waals surface area contributed by atoms with E-state index in [1.165, 1.54) is 0 Å². The average molecular weight is 255 g/mol. The van der Waals surface area contributed by atoms with Gasteiger partial charge in [-0.25, -0.2) is 0 Å². The van der Waals surface area contributed by atoms with E-state index in [-0.39, 0.29) is 24.2 Å².